The summed E-state index contributed by atoms with van der Waals surface area (Å²) in [6.45, 7) is 10.1. The van der Waals surface area contributed by atoms with E-state index in [1.165, 1.54) is 10.8 Å². The van der Waals surface area contributed by atoms with Gasteiger partial charge < -0.3 is 0 Å². The minimum absolute atomic E-state index is 0.375. The van der Waals surface area contributed by atoms with Crippen LogP contribution in [-0.2, 0) is 21.6 Å². The molecule has 0 aliphatic heterocycles. The molecule has 0 bridgehead atoms. The molecular formula is C19H22N6O2S2. The summed E-state index contributed by atoms with van der Waals surface area (Å²) in [7, 11) is -2.47. The average Bonchev–Trinajstić information content (AvgIpc) is 3.30. The van der Waals surface area contributed by atoms with Crippen molar-refractivity contribution in [3.63, 3.8) is 0 Å². The molecule has 152 valence electrons. The molecule has 0 spiro atoms. The summed E-state index contributed by atoms with van der Waals surface area (Å²) in [6, 6.07) is 1.64. The highest BCUT2D eigenvalue weighted by Crippen LogP contribution is 2.33. The molecule has 0 saturated carbocycles. The van der Waals surface area contributed by atoms with E-state index >= 15 is 0 Å². The first kappa shape index (κ1) is 19.8. The number of nitrogens with zero attached hydrogens (tertiary/aromatic N) is 6. The Morgan fingerprint density at radius 2 is 1.76 bits per heavy atom. The average molecular weight is 431 g/mol. The summed E-state index contributed by atoms with van der Waals surface area (Å²) < 4.78 is 28.2. The van der Waals surface area contributed by atoms with Crippen LogP contribution in [0.1, 0.15) is 29.3 Å². The zero-order chi connectivity index (χ0) is 21.0. The van der Waals surface area contributed by atoms with Crippen LogP contribution in [-0.4, -0.2) is 49.6 Å². The molecule has 4 heterocycles. The molecule has 2 atom stereocenters. The van der Waals surface area contributed by atoms with E-state index in [1.54, 1.807) is 12.3 Å². The summed E-state index contributed by atoms with van der Waals surface area (Å²) in [4.78, 5) is 9.38. The molecule has 2 unspecified atom stereocenters. The second kappa shape index (κ2) is 7.10. The van der Waals surface area contributed by atoms with Crippen molar-refractivity contribution in [2.75, 3.05) is 12.0 Å². The smallest absolute Gasteiger partial charge is 0.204 e. The number of hydrogen-bond acceptors (Lipinski definition) is 6. The summed E-state index contributed by atoms with van der Waals surface area (Å²) in [5.74, 6) is 0.841. The first-order chi connectivity index (χ1) is 13.7. The Balaban J connectivity index is 2.07. The van der Waals surface area contributed by atoms with Crippen LogP contribution in [0, 0.1) is 27.7 Å². The maximum atomic E-state index is 13.0. The summed E-state index contributed by atoms with van der Waals surface area (Å²) in [5.41, 5.74) is 6.25. The fourth-order valence-electron chi connectivity index (χ4n) is 3.41. The fraction of sp³-hybridized carbons (Fsp3) is 0.368. The van der Waals surface area contributed by atoms with Gasteiger partial charge in [-0.2, -0.15) is 5.10 Å². The van der Waals surface area contributed by atoms with Crippen molar-refractivity contribution in [3.05, 3.63) is 34.8 Å². The fourth-order valence-corrected chi connectivity index (χ4v) is 4.97. The molecule has 0 saturated heterocycles. The highest BCUT2D eigenvalue weighted by atomic mass is 32.2. The summed E-state index contributed by atoms with van der Waals surface area (Å²) in [5, 5.41) is 9.70. The molecule has 8 nitrogen and oxygen atoms in total. The van der Waals surface area contributed by atoms with Gasteiger partial charge in [0.1, 0.15) is 17.0 Å². The van der Waals surface area contributed by atoms with Crippen LogP contribution in [0.15, 0.2) is 22.3 Å². The molecule has 0 aliphatic carbocycles. The number of aryl methyl sites for hydroxylation is 2. The Kier molecular flexibility index (Phi) is 4.86. The third-order valence-electron chi connectivity index (χ3n) is 5.38. The Hall–Kier alpha value is -2.46. The van der Waals surface area contributed by atoms with Gasteiger partial charge >= 0.3 is 0 Å². The zero-order valence-corrected chi connectivity index (χ0v) is 18.8. The van der Waals surface area contributed by atoms with E-state index in [0.29, 0.717) is 32.8 Å². The van der Waals surface area contributed by atoms with E-state index in [0.717, 1.165) is 27.9 Å². The molecule has 0 N–H and O–H groups in total. The molecule has 0 aromatic carbocycles. The van der Waals surface area contributed by atoms with Crippen molar-refractivity contribution in [2.24, 2.45) is 0 Å². The van der Waals surface area contributed by atoms with Gasteiger partial charge in [0.15, 0.2) is 5.65 Å². The van der Waals surface area contributed by atoms with Crippen molar-refractivity contribution >= 4 is 32.8 Å². The molecule has 10 heteroatoms. The van der Waals surface area contributed by atoms with E-state index < -0.39 is 21.6 Å². The van der Waals surface area contributed by atoms with E-state index in [1.807, 2.05) is 25.3 Å². The van der Waals surface area contributed by atoms with Gasteiger partial charge in [0.05, 0.1) is 32.0 Å². The second-order valence-corrected chi connectivity index (χ2v) is 9.96. The highest BCUT2D eigenvalue weighted by Gasteiger charge is 2.26. The van der Waals surface area contributed by atoms with Crippen LogP contribution in [0.2, 0.25) is 0 Å². The highest BCUT2D eigenvalue weighted by molar-refractivity contribution is 7.85. The predicted octanol–water partition coefficient (Wildman–Crippen LogP) is 2.54. The lowest BCUT2D eigenvalue weighted by Crippen LogP contribution is -2.03. The first-order valence-electron chi connectivity index (χ1n) is 9.18. The van der Waals surface area contributed by atoms with E-state index in [2.05, 4.69) is 28.9 Å². The van der Waals surface area contributed by atoms with Crippen molar-refractivity contribution in [3.8, 4) is 11.5 Å². The van der Waals surface area contributed by atoms with E-state index in [4.69, 9.17) is 5.10 Å². The van der Waals surface area contributed by atoms with Gasteiger partial charge in [-0.3, -0.25) is 8.42 Å². The van der Waals surface area contributed by atoms with Gasteiger partial charge in [0, 0.05) is 23.8 Å². The number of rotatable bonds is 4. The quantitative estimate of drug-likeness (QED) is 0.462. The van der Waals surface area contributed by atoms with Gasteiger partial charge in [-0.1, -0.05) is 6.92 Å². The second-order valence-electron chi connectivity index (χ2n) is 6.95. The lowest BCUT2D eigenvalue weighted by atomic mass is 10.0. The van der Waals surface area contributed by atoms with Gasteiger partial charge in [-0.05, 0) is 44.4 Å². The van der Waals surface area contributed by atoms with Crippen molar-refractivity contribution < 1.29 is 8.42 Å². The van der Waals surface area contributed by atoms with Crippen LogP contribution in [0.4, 0.5) is 0 Å². The summed E-state index contributed by atoms with van der Waals surface area (Å²) in [6.07, 6.45) is 3.05. The van der Waals surface area contributed by atoms with Crippen LogP contribution in [0.3, 0.4) is 0 Å². The molecule has 4 aromatic heterocycles. The van der Waals surface area contributed by atoms with Crippen LogP contribution < -0.4 is 0 Å². The molecule has 0 fully saturated rings. The number of fused-ring (bicyclic) bond motifs is 2. The molecule has 0 aliphatic rings. The Labute approximate surface area is 173 Å². The monoisotopic (exact) mass is 430 g/mol. The summed E-state index contributed by atoms with van der Waals surface area (Å²) >= 11 is 0. The van der Waals surface area contributed by atoms with Crippen LogP contribution >= 0.6 is 0 Å². The molecular weight excluding hydrogens is 408 g/mol. The maximum absolute atomic E-state index is 13.0. The first-order valence-corrected chi connectivity index (χ1v) is 12.1. The molecule has 4 rings (SSSR count). The Morgan fingerprint density at radius 3 is 2.41 bits per heavy atom. The van der Waals surface area contributed by atoms with Crippen molar-refractivity contribution in [1.82, 2.24) is 29.2 Å². The largest absolute Gasteiger partial charge is 0.254 e. The predicted molar refractivity (Wildman–Crippen MR) is 113 cm³/mol. The lowest BCUT2D eigenvalue weighted by molar-refractivity contribution is 0.682. The van der Waals surface area contributed by atoms with Crippen molar-refractivity contribution in [1.29, 1.82) is 0 Å². The standard InChI is InChI=1S/C19H22N6O2S2/c1-7-29(27)18-16(22-25-13(5)11(3)10(2)12(4)17(18)25)19-21-14-8-15(28(6)26)20-9-24(14)23-19/h8-9H,7H2,1-6H3. The third kappa shape index (κ3) is 3.01. The van der Waals surface area contributed by atoms with Crippen LogP contribution in [0.5, 0.6) is 0 Å². The van der Waals surface area contributed by atoms with Gasteiger partial charge in [-0.15, -0.1) is 5.10 Å². The maximum Gasteiger partial charge on any atom is 0.204 e. The Bertz CT molecular complexity index is 1340. The van der Waals surface area contributed by atoms with Crippen LogP contribution in [0.25, 0.3) is 22.7 Å². The number of hydrogen-bond donors (Lipinski definition) is 0. The molecule has 0 amide bonds. The normalized spacial score (nSPS) is 14.0. The topological polar surface area (TPSA) is 94.5 Å². The number of aromatic nitrogens is 6. The van der Waals surface area contributed by atoms with Crippen molar-refractivity contribution in [2.45, 2.75) is 44.5 Å². The molecule has 4 aromatic rings. The van der Waals surface area contributed by atoms with Gasteiger partial charge in [-0.25, -0.2) is 19.0 Å². The minimum Gasteiger partial charge on any atom is -0.254 e. The van der Waals surface area contributed by atoms with Gasteiger partial charge in [0.2, 0.25) is 5.82 Å². The third-order valence-corrected chi connectivity index (χ3v) is 7.56. The molecule has 0 radical (unpaired) electrons. The van der Waals surface area contributed by atoms with E-state index in [9.17, 15) is 8.42 Å². The Morgan fingerprint density at radius 1 is 1.03 bits per heavy atom. The lowest BCUT2D eigenvalue weighted by Gasteiger charge is -2.12. The molecule has 29 heavy (non-hydrogen) atoms. The SMILES string of the molecule is CCS(=O)c1c(-c2nc3cc(S(C)=O)ncn3n2)nn2c(C)c(C)c(C)c(C)c12. The minimum atomic E-state index is -1.25. The zero-order valence-electron chi connectivity index (χ0n) is 17.2. The van der Waals surface area contributed by atoms with E-state index in [-0.39, 0.29) is 0 Å². The van der Waals surface area contributed by atoms with Gasteiger partial charge in [0.25, 0.3) is 0 Å². The number of pyridine rings is 1.